The molecular weight excluding hydrogens is 381 g/mol. The predicted molar refractivity (Wildman–Crippen MR) is 104 cm³/mol. The molecule has 3 rings (SSSR count). The molecule has 1 saturated heterocycles. The van der Waals surface area contributed by atoms with E-state index < -0.39 is 4.92 Å². The van der Waals surface area contributed by atoms with Crippen LogP contribution in [0.25, 0.3) is 0 Å². The summed E-state index contributed by atoms with van der Waals surface area (Å²) in [4.78, 5) is 28.8. The Hall–Kier alpha value is -1.64. The van der Waals surface area contributed by atoms with Crippen molar-refractivity contribution < 1.29 is 9.72 Å². The Morgan fingerprint density at radius 2 is 2.12 bits per heavy atom. The molecule has 2 aliphatic rings. The first kappa shape index (κ1) is 22.4. The van der Waals surface area contributed by atoms with Crippen LogP contribution >= 0.6 is 24.8 Å². The number of nitrogens with one attached hydrogen (secondary N) is 1. The van der Waals surface area contributed by atoms with E-state index in [2.05, 4.69) is 10.3 Å². The van der Waals surface area contributed by atoms with E-state index in [1.54, 1.807) is 6.07 Å². The van der Waals surface area contributed by atoms with Crippen molar-refractivity contribution in [1.29, 1.82) is 0 Å². The molecule has 1 saturated carbocycles. The van der Waals surface area contributed by atoms with Crippen molar-refractivity contribution in [2.75, 3.05) is 25.0 Å². The van der Waals surface area contributed by atoms with Crippen molar-refractivity contribution in [3.63, 3.8) is 0 Å². The maximum Gasteiger partial charge on any atom is 0.287 e. The summed E-state index contributed by atoms with van der Waals surface area (Å²) in [6, 6.07) is 3.15. The van der Waals surface area contributed by atoms with Gasteiger partial charge in [-0.15, -0.1) is 24.8 Å². The van der Waals surface area contributed by atoms with Gasteiger partial charge in [-0.1, -0.05) is 6.42 Å². The lowest BCUT2D eigenvalue weighted by Gasteiger charge is -2.24. The molecule has 2 heterocycles. The van der Waals surface area contributed by atoms with Crippen molar-refractivity contribution in [2.24, 2.45) is 17.6 Å². The third-order valence-corrected chi connectivity index (χ3v) is 5.09. The van der Waals surface area contributed by atoms with Crippen LogP contribution in [-0.2, 0) is 4.79 Å². The molecule has 8 nitrogen and oxygen atoms in total. The molecule has 1 aromatic rings. The first-order valence-electron chi connectivity index (χ1n) is 8.44. The Labute approximate surface area is 164 Å². The molecule has 26 heavy (non-hydrogen) atoms. The standard InChI is InChI=1S/C16H23N5O3.2ClH/c17-8-11-2-1-3-14(11)16(22)20-7-6-12(10-20)19-15-5-4-13(9-18-15)21(23)24;;/h4-5,9,11-12,14H,1-3,6-8,10,17H2,(H,18,19);2*1H/t11-,12?,14-;;/m1../s1. The minimum absolute atomic E-state index is 0. The largest absolute Gasteiger partial charge is 0.365 e. The normalized spacial score (nSPS) is 24.5. The molecular formula is C16H25Cl2N5O3. The highest BCUT2D eigenvalue weighted by atomic mass is 35.5. The van der Waals surface area contributed by atoms with Crippen LogP contribution < -0.4 is 11.1 Å². The van der Waals surface area contributed by atoms with Crippen LogP contribution in [0.4, 0.5) is 11.5 Å². The Morgan fingerprint density at radius 1 is 1.35 bits per heavy atom. The van der Waals surface area contributed by atoms with Gasteiger partial charge in [-0.3, -0.25) is 14.9 Å². The van der Waals surface area contributed by atoms with Crippen LogP contribution in [0.2, 0.25) is 0 Å². The average molecular weight is 406 g/mol. The summed E-state index contributed by atoms with van der Waals surface area (Å²) in [5.74, 6) is 1.22. The zero-order valence-electron chi connectivity index (χ0n) is 14.4. The van der Waals surface area contributed by atoms with Gasteiger partial charge in [0.05, 0.1) is 4.92 Å². The molecule has 3 atom stereocenters. The Kier molecular flexibility index (Phi) is 8.52. The first-order chi connectivity index (χ1) is 11.6. The van der Waals surface area contributed by atoms with Crippen LogP contribution in [0.1, 0.15) is 25.7 Å². The predicted octanol–water partition coefficient (Wildman–Crippen LogP) is 2.22. The van der Waals surface area contributed by atoms with E-state index in [9.17, 15) is 14.9 Å². The Balaban J connectivity index is 0.00000169. The number of hydrogen-bond acceptors (Lipinski definition) is 6. The molecule has 1 aliphatic carbocycles. The number of halogens is 2. The first-order valence-corrected chi connectivity index (χ1v) is 8.44. The van der Waals surface area contributed by atoms with Crippen LogP contribution in [0, 0.1) is 22.0 Å². The van der Waals surface area contributed by atoms with E-state index >= 15 is 0 Å². The molecule has 1 amide bonds. The summed E-state index contributed by atoms with van der Waals surface area (Å²) in [5, 5.41) is 13.9. The van der Waals surface area contributed by atoms with E-state index in [4.69, 9.17) is 5.73 Å². The number of nitrogens with two attached hydrogens (primary N) is 1. The molecule has 1 unspecified atom stereocenters. The summed E-state index contributed by atoms with van der Waals surface area (Å²) in [5.41, 5.74) is 5.75. The van der Waals surface area contributed by atoms with Crippen molar-refractivity contribution in [3.8, 4) is 0 Å². The van der Waals surface area contributed by atoms with Gasteiger partial charge < -0.3 is 16.0 Å². The average Bonchev–Trinajstić information content (AvgIpc) is 3.23. The summed E-state index contributed by atoms with van der Waals surface area (Å²) in [6.45, 7) is 1.96. The minimum atomic E-state index is -0.470. The highest BCUT2D eigenvalue weighted by molar-refractivity contribution is 5.85. The van der Waals surface area contributed by atoms with Crippen molar-refractivity contribution in [2.45, 2.75) is 31.7 Å². The summed E-state index contributed by atoms with van der Waals surface area (Å²) < 4.78 is 0. The molecule has 146 valence electrons. The van der Waals surface area contributed by atoms with Gasteiger partial charge in [0.2, 0.25) is 5.91 Å². The van der Waals surface area contributed by atoms with E-state index in [0.717, 1.165) is 32.2 Å². The van der Waals surface area contributed by atoms with Crippen LogP contribution in [0.15, 0.2) is 18.3 Å². The number of rotatable bonds is 5. The third-order valence-electron chi connectivity index (χ3n) is 5.09. The highest BCUT2D eigenvalue weighted by Gasteiger charge is 2.37. The van der Waals surface area contributed by atoms with Crippen LogP contribution in [-0.4, -0.2) is 46.4 Å². The monoisotopic (exact) mass is 405 g/mol. The SMILES string of the molecule is Cl.Cl.NC[C@H]1CCC[C@H]1C(=O)N1CCC(Nc2ccc([N+](=O)[O-])cn2)C1. The number of amides is 1. The third kappa shape index (κ3) is 4.96. The Morgan fingerprint density at radius 3 is 2.73 bits per heavy atom. The van der Waals surface area contributed by atoms with Crippen molar-refractivity contribution in [1.82, 2.24) is 9.88 Å². The molecule has 0 spiro atoms. The molecule has 2 fully saturated rings. The Bertz CT molecular complexity index is 616. The number of carbonyl (C=O) groups excluding carboxylic acids is 1. The van der Waals surface area contributed by atoms with Crippen LogP contribution in [0.3, 0.4) is 0 Å². The number of nitro groups is 1. The van der Waals surface area contributed by atoms with Gasteiger partial charge in [0.1, 0.15) is 12.0 Å². The maximum absolute atomic E-state index is 12.7. The second-order valence-electron chi connectivity index (χ2n) is 6.61. The lowest BCUT2D eigenvalue weighted by molar-refractivity contribution is -0.385. The number of nitrogens with zero attached hydrogens (tertiary/aromatic N) is 3. The summed E-state index contributed by atoms with van der Waals surface area (Å²) >= 11 is 0. The lowest BCUT2D eigenvalue weighted by Crippen LogP contribution is -2.38. The smallest absolute Gasteiger partial charge is 0.287 e. The van der Waals surface area contributed by atoms with Gasteiger partial charge in [-0.25, -0.2) is 4.98 Å². The number of aromatic nitrogens is 1. The van der Waals surface area contributed by atoms with Gasteiger partial charge in [0.25, 0.3) is 5.69 Å². The molecule has 10 heteroatoms. The van der Waals surface area contributed by atoms with Gasteiger partial charge in [-0.2, -0.15) is 0 Å². The number of carbonyl (C=O) groups is 1. The number of hydrogen-bond donors (Lipinski definition) is 2. The zero-order chi connectivity index (χ0) is 17.1. The van der Waals surface area contributed by atoms with E-state index in [-0.39, 0.29) is 48.4 Å². The quantitative estimate of drug-likeness (QED) is 0.573. The van der Waals surface area contributed by atoms with Gasteiger partial charge in [0, 0.05) is 31.1 Å². The lowest BCUT2D eigenvalue weighted by atomic mass is 9.95. The maximum atomic E-state index is 12.7. The van der Waals surface area contributed by atoms with E-state index in [0.29, 0.717) is 24.8 Å². The number of likely N-dealkylation sites (tertiary alicyclic amines) is 1. The number of anilines is 1. The fourth-order valence-electron chi connectivity index (χ4n) is 3.75. The van der Waals surface area contributed by atoms with E-state index in [1.807, 2.05) is 4.90 Å². The van der Waals surface area contributed by atoms with Crippen molar-refractivity contribution >= 4 is 42.2 Å². The minimum Gasteiger partial charge on any atom is -0.365 e. The second-order valence-corrected chi connectivity index (χ2v) is 6.61. The zero-order valence-corrected chi connectivity index (χ0v) is 16.0. The topological polar surface area (TPSA) is 114 Å². The summed E-state index contributed by atoms with van der Waals surface area (Å²) in [7, 11) is 0. The molecule has 0 radical (unpaired) electrons. The van der Waals surface area contributed by atoms with Gasteiger partial charge >= 0.3 is 0 Å². The molecule has 0 aromatic carbocycles. The van der Waals surface area contributed by atoms with E-state index in [1.165, 1.54) is 12.3 Å². The van der Waals surface area contributed by atoms with Crippen LogP contribution in [0.5, 0.6) is 0 Å². The fraction of sp³-hybridized carbons (Fsp3) is 0.625. The molecule has 1 aliphatic heterocycles. The van der Waals surface area contributed by atoms with Gasteiger partial charge in [-0.05, 0) is 37.8 Å². The summed E-state index contributed by atoms with van der Waals surface area (Å²) in [6.07, 6.45) is 5.17. The molecule has 3 N–H and O–H groups in total. The highest BCUT2D eigenvalue weighted by Crippen LogP contribution is 2.33. The number of pyridine rings is 1. The van der Waals surface area contributed by atoms with Gasteiger partial charge in [0.15, 0.2) is 0 Å². The van der Waals surface area contributed by atoms with Crippen molar-refractivity contribution in [3.05, 3.63) is 28.4 Å². The molecule has 0 bridgehead atoms. The fourth-order valence-corrected chi connectivity index (χ4v) is 3.75. The second kappa shape index (κ2) is 9.89. The molecule has 1 aromatic heterocycles.